The highest BCUT2D eigenvalue weighted by atomic mass is 32.2. The second-order valence-electron chi connectivity index (χ2n) is 4.33. The third-order valence-corrected chi connectivity index (χ3v) is 5.38. The molecule has 2 heterocycles. The van der Waals surface area contributed by atoms with E-state index >= 15 is 0 Å². The number of methoxy groups -OCH3 is 1. The molecule has 1 amide bonds. The lowest BCUT2D eigenvalue weighted by Gasteiger charge is -2.21. The van der Waals surface area contributed by atoms with Crippen molar-refractivity contribution in [3.63, 3.8) is 0 Å². The highest BCUT2D eigenvalue weighted by molar-refractivity contribution is 7.99. The van der Waals surface area contributed by atoms with Crippen molar-refractivity contribution in [2.24, 2.45) is 5.73 Å². The predicted molar refractivity (Wildman–Crippen MR) is 82.7 cm³/mol. The Morgan fingerprint density at radius 3 is 2.70 bits per heavy atom. The summed E-state index contributed by atoms with van der Waals surface area (Å²) < 4.78 is 4.78. The van der Waals surface area contributed by atoms with Gasteiger partial charge in [-0.3, -0.25) is 4.79 Å². The number of anilines is 2. The lowest BCUT2D eigenvalue weighted by molar-refractivity contribution is 0.0603. The summed E-state index contributed by atoms with van der Waals surface area (Å²) in [7, 11) is 1.30. The van der Waals surface area contributed by atoms with Crippen LogP contribution >= 0.6 is 23.1 Å². The van der Waals surface area contributed by atoms with Gasteiger partial charge < -0.3 is 21.1 Å². The molecule has 0 saturated carbocycles. The molecule has 8 heteroatoms. The third-order valence-electron chi connectivity index (χ3n) is 3.05. The van der Waals surface area contributed by atoms with Crippen LogP contribution in [0.25, 0.3) is 0 Å². The van der Waals surface area contributed by atoms with Crippen LogP contribution in [-0.2, 0) is 4.74 Å². The van der Waals surface area contributed by atoms with E-state index in [4.69, 9.17) is 16.2 Å². The number of thioether (sulfide) groups is 1. The Labute approximate surface area is 125 Å². The highest BCUT2D eigenvalue weighted by Gasteiger charge is 2.28. The lowest BCUT2D eigenvalue weighted by Crippen LogP contribution is -2.26. The Bertz CT molecular complexity index is 522. The molecule has 1 aliphatic rings. The molecule has 110 valence electrons. The molecule has 1 saturated heterocycles. The normalized spacial score (nSPS) is 15.8. The van der Waals surface area contributed by atoms with E-state index in [0.717, 1.165) is 31.0 Å². The number of amides is 1. The van der Waals surface area contributed by atoms with Crippen LogP contribution in [0.15, 0.2) is 0 Å². The van der Waals surface area contributed by atoms with E-state index in [1.54, 1.807) is 0 Å². The number of rotatable bonds is 3. The summed E-state index contributed by atoms with van der Waals surface area (Å²) in [5.74, 6) is 0.920. The van der Waals surface area contributed by atoms with Crippen molar-refractivity contribution in [3.8, 4) is 0 Å². The van der Waals surface area contributed by atoms with Gasteiger partial charge in [-0.1, -0.05) is 0 Å². The van der Waals surface area contributed by atoms with Gasteiger partial charge in [0.05, 0.1) is 12.8 Å². The summed E-state index contributed by atoms with van der Waals surface area (Å²) in [5.41, 5.74) is 11.6. The zero-order valence-corrected chi connectivity index (χ0v) is 12.8. The van der Waals surface area contributed by atoms with Gasteiger partial charge in [0.15, 0.2) is 0 Å². The highest BCUT2D eigenvalue weighted by Crippen LogP contribution is 2.39. The molecule has 1 aromatic rings. The second kappa shape index (κ2) is 6.36. The minimum absolute atomic E-state index is 0.126. The Hall–Kier alpha value is -1.41. The zero-order valence-electron chi connectivity index (χ0n) is 11.2. The number of nitrogen functional groups attached to an aromatic ring is 1. The van der Waals surface area contributed by atoms with Crippen molar-refractivity contribution in [2.45, 2.75) is 6.42 Å². The topological polar surface area (TPSA) is 98.6 Å². The standard InChI is InChI=1S/C12H17N3O3S2/c1-18-12(17)7-8(13)9(10(14)16)20-11(7)15-3-2-5-19-6-4-15/h2-6,13H2,1H3,(H2,14,16). The van der Waals surface area contributed by atoms with Gasteiger partial charge >= 0.3 is 5.97 Å². The van der Waals surface area contributed by atoms with Crippen molar-refractivity contribution in [2.75, 3.05) is 42.3 Å². The summed E-state index contributed by atoms with van der Waals surface area (Å²) >= 11 is 3.05. The molecule has 1 aliphatic heterocycles. The SMILES string of the molecule is COC(=O)c1c(N2CCCSCC2)sc(C(N)=O)c1N. The fourth-order valence-corrected chi connectivity index (χ4v) is 4.09. The number of esters is 1. The van der Waals surface area contributed by atoms with E-state index in [1.807, 2.05) is 11.8 Å². The number of hydrogen-bond donors (Lipinski definition) is 2. The molecule has 0 aromatic carbocycles. The Morgan fingerprint density at radius 2 is 2.05 bits per heavy atom. The molecular weight excluding hydrogens is 298 g/mol. The molecule has 20 heavy (non-hydrogen) atoms. The van der Waals surface area contributed by atoms with E-state index in [2.05, 4.69) is 4.90 Å². The largest absolute Gasteiger partial charge is 0.465 e. The van der Waals surface area contributed by atoms with E-state index in [9.17, 15) is 9.59 Å². The first kappa shape index (κ1) is 15.0. The molecule has 1 aromatic heterocycles. The maximum Gasteiger partial charge on any atom is 0.343 e. The van der Waals surface area contributed by atoms with E-state index in [0.29, 0.717) is 5.00 Å². The molecule has 0 bridgehead atoms. The molecule has 0 aliphatic carbocycles. The summed E-state index contributed by atoms with van der Waals surface area (Å²) in [4.78, 5) is 25.7. The molecule has 0 radical (unpaired) electrons. The number of ether oxygens (including phenoxy) is 1. The average molecular weight is 315 g/mol. The van der Waals surface area contributed by atoms with Gasteiger partial charge in [-0.25, -0.2) is 4.79 Å². The quantitative estimate of drug-likeness (QED) is 0.812. The molecule has 0 unspecified atom stereocenters. The predicted octanol–water partition coefficient (Wildman–Crippen LogP) is 1.16. The van der Waals surface area contributed by atoms with Crippen LogP contribution in [0.5, 0.6) is 0 Å². The Balaban J connectivity index is 2.46. The molecule has 4 N–H and O–H groups in total. The molecule has 6 nitrogen and oxygen atoms in total. The van der Waals surface area contributed by atoms with Crippen LogP contribution in [0.4, 0.5) is 10.7 Å². The number of nitrogens with zero attached hydrogens (tertiary/aromatic N) is 1. The zero-order chi connectivity index (χ0) is 14.7. The molecule has 0 spiro atoms. The number of thiophene rings is 1. The maximum atomic E-state index is 11.9. The monoisotopic (exact) mass is 315 g/mol. The van der Waals surface area contributed by atoms with Crippen molar-refractivity contribution >= 4 is 45.7 Å². The van der Waals surface area contributed by atoms with E-state index < -0.39 is 11.9 Å². The fourth-order valence-electron chi connectivity index (χ4n) is 2.09. The summed E-state index contributed by atoms with van der Waals surface area (Å²) in [6.07, 6.45) is 1.02. The first-order valence-electron chi connectivity index (χ1n) is 6.19. The first-order chi connectivity index (χ1) is 9.56. The number of nitrogens with two attached hydrogens (primary N) is 2. The van der Waals surface area contributed by atoms with Crippen molar-refractivity contribution in [1.82, 2.24) is 0 Å². The lowest BCUT2D eigenvalue weighted by atomic mass is 10.2. The van der Waals surface area contributed by atoms with Crippen LogP contribution < -0.4 is 16.4 Å². The maximum absolute atomic E-state index is 11.9. The van der Waals surface area contributed by atoms with E-state index in [1.165, 1.54) is 18.4 Å². The van der Waals surface area contributed by atoms with E-state index in [-0.39, 0.29) is 16.1 Å². The number of primary amides is 1. The molecule has 2 rings (SSSR count). The minimum atomic E-state index is -0.617. The van der Waals surface area contributed by atoms with Crippen LogP contribution in [0.3, 0.4) is 0 Å². The first-order valence-corrected chi connectivity index (χ1v) is 8.16. The third kappa shape index (κ3) is 2.85. The van der Waals surface area contributed by atoms with Crippen LogP contribution in [0.2, 0.25) is 0 Å². The summed E-state index contributed by atoms with van der Waals surface area (Å²) in [6.45, 7) is 1.64. The van der Waals surface area contributed by atoms with Gasteiger partial charge in [-0.05, 0) is 12.2 Å². The molecular formula is C12H17N3O3S2. The van der Waals surface area contributed by atoms with Gasteiger partial charge in [-0.2, -0.15) is 11.8 Å². The minimum Gasteiger partial charge on any atom is -0.465 e. The van der Waals surface area contributed by atoms with Crippen molar-refractivity contribution < 1.29 is 14.3 Å². The van der Waals surface area contributed by atoms with Crippen molar-refractivity contribution in [3.05, 3.63) is 10.4 Å². The Morgan fingerprint density at radius 1 is 1.30 bits per heavy atom. The fraction of sp³-hybridized carbons (Fsp3) is 0.500. The molecule has 1 fully saturated rings. The smallest absolute Gasteiger partial charge is 0.343 e. The van der Waals surface area contributed by atoms with Crippen molar-refractivity contribution in [1.29, 1.82) is 0 Å². The van der Waals surface area contributed by atoms with Crippen LogP contribution in [0, 0.1) is 0 Å². The van der Waals surface area contributed by atoms with Gasteiger partial charge in [0, 0.05) is 18.8 Å². The van der Waals surface area contributed by atoms with Gasteiger partial charge in [0.1, 0.15) is 15.4 Å². The second-order valence-corrected chi connectivity index (χ2v) is 6.56. The summed E-state index contributed by atoms with van der Waals surface area (Å²) in [6, 6.07) is 0. The van der Waals surface area contributed by atoms with Gasteiger partial charge in [-0.15, -0.1) is 11.3 Å². The van der Waals surface area contributed by atoms with Crippen LogP contribution in [0.1, 0.15) is 26.5 Å². The van der Waals surface area contributed by atoms with Gasteiger partial charge in [0.2, 0.25) is 0 Å². The summed E-state index contributed by atoms with van der Waals surface area (Å²) in [5, 5.41) is 0.686. The number of hydrogen-bond acceptors (Lipinski definition) is 7. The van der Waals surface area contributed by atoms with Crippen LogP contribution in [-0.4, -0.2) is 43.6 Å². The average Bonchev–Trinajstić information content (AvgIpc) is 2.63. The molecule has 0 atom stereocenters. The number of carbonyl (C=O) groups excluding carboxylic acids is 2. The Kier molecular flexibility index (Phi) is 4.77. The van der Waals surface area contributed by atoms with Gasteiger partial charge in [0.25, 0.3) is 5.91 Å². The number of carbonyl (C=O) groups is 2.